The molecule has 0 aliphatic rings. The molecule has 0 fully saturated rings. The third kappa shape index (κ3) is 3.80. The summed E-state index contributed by atoms with van der Waals surface area (Å²) in [5, 5.41) is 7.71. The van der Waals surface area contributed by atoms with Gasteiger partial charge in [0.1, 0.15) is 12.4 Å². The summed E-state index contributed by atoms with van der Waals surface area (Å²) in [6, 6.07) is 17.6. The van der Waals surface area contributed by atoms with Gasteiger partial charge >= 0.3 is 5.69 Å². The Kier molecular flexibility index (Phi) is 4.95. The molecule has 4 rings (SSSR count). The van der Waals surface area contributed by atoms with Crippen LogP contribution in [-0.4, -0.2) is 24.8 Å². The summed E-state index contributed by atoms with van der Waals surface area (Å²) in [5.74, 6) is 0.780. The number of nitrogens with zero attached hydrogens (tertiary/aromatic N) is 5. The highest BCUT2D eigenvalue weighted by Gasteiger charge is 2.12. The number of para-hydroxylation sites is 1. The van der Waals surface area contributed by atoms with Gasteiger partial charge < -0.3 is 4.74 Å². The molecule has 0 N–H and O–H groups in total. The molecular formula is C22H21N5O2. The average Bonchev–Trinajstić information content (AvgIpc) is 3.06. The van der Waals surface area contributed by atoms with Crippen LogP contribution in [0.4, 0.5) is 0 Å². The van der Waals surface area contributed by atoms with Crippen LogP contribution in [0.3, 0.4) is 0 Å². The van der Waals surface area contributed by atoms with Crippen molar-refractivity contribution >= 4 is 0 Å². The maximum atomic E-state index is 12.2. The van der Waals surface area contributed by atoms with E-state index in [-0.39, 0.29) is 5.69 Å². The van der Waals surface area contributed by atoms with Crippen LogP contribution in [0.1, 0.15) is 16.7 Å². The van der Waals surface area contributed by atoms with Gasteiger partial charge in [0.25, 0.3) is 0 Å². The number of benzene rings is 2. The molecule has 0 bridgehead atoms. The van der Waals surface area contributed by atoms with E-state index in [1.807, 2.05) is 68.6 Å². The summed E-state index contributed by atoms with van der Waals surface area (Å²) >= 11 is 0. The summed E-state index contributed by atoms with van der Waals surface area (Å²) in [6.45, 7) is 4.33. The van der Waals surface area contributed by atoms with Crippen LogP contribution in [0.5, 0.6) is 5.75 Å². The quantitative estimate of drug-likeness (QED) is 0.526. The molecule has 0 aliphatic heterocycles. The first-order chi connectivity index (χ1) is 14.0. The molecule has 2 aromatic carbocycles. The van der Waals surface area contributed by atoms with Gasteiger partial charge in [0, 0.05) is 24.4 Å². The Morgan fingerprint density at radius 3 is 2.52 bits per heavy atom. The summed E-state index contributed by atoms with van der Waals surface area (Å²) in [7, 11) is 1.57. The van der Waals surface area contributed by atoms with Gasteiger partial charge in [0.05, 0.1) is 11.4 Å². The Morgan fingerprint density at radius 2 is 1.83 bits per heavy atom. The molecule has 0 amide bonds. The van der Waals surface area contributed by atoms with Gasteiger partial charge in [-0.15, -0.1) is 0 Å². The van der Waals surface area contributed by atoms with Gasteiger partial charge in [-0.2, -0.15) is 9.36 Å². The number of tetrazole rings is 1. The van der Waals surface area contributed by atoms with E-state index in [4.69, 9.17) is 4.74 Å². The van der Waals surface area contributed by atoms with Gasteiger partial charge in [-0.1, -0.05) is 24.3 Å². The molecule has 0 saturated carbocycles. The Hall–Kier alpha value is -3.74. The van der Waals surface area contributed by atoms with Gasteiger partial charge in [-0.25, -0.2) is 4.79 Å². The number of aryl methyl sites for hydroxylation is 3. The first-order valence-corrected chi connectivity index (χ1v) is 9.27. The second-order valence-electron chi connectivity index (χ2n) is 6.92. The van der Waals surface area contributed by atoms with Crippen molar-refractivity contribution in [3.63, 3.8) is 0 Å². The van der Waals surface area contributed by atoms with E-state index in [0.717, 1.165) is 33.7 Å². The van der Waals surface area contributed by atoms with Crippen LogP contribution in [0, 0.1) is 13.8 Å². The SMILES string of the molecule is Cc1ccc(-c2ccc(OCc3ccccc3-n3nnn(C)c3=O)c(C)c2)nc1. The Bertz CT molecular complexity index is 1210. The molecule has 0 saturated heterocycles. The number of hydrogen-bond acceptors (Lipinski definition) is 5. The molecule has 146 valence electrons. The van der Waals surface area contributed by atoms with Crippen LogP contribution in [0.25, 0.3) is 16.9 Å². The molecule has 4 aromatic rings. The van der Waals surface area contributed by atoms with Crippen molar-refractivity contribution in [2.75, 3.05) is 0 Å². The van der Waals surface area contributed by atoms with E-state index in [1.54, 1.807) is 7.05 Å². The highest BCUT2D eigenvalue weighted by molar-refractivity contribution is 5.62. The lowest BCUT2D eigenvalue weighted by Crippen LogP contribution is -2.23. The number of rotatable bonds is 5. The molecule has 0 spiro atoms. The van der Waals surface area contributed by atoms with Crippen LogP contribution >= 0.6 is 0 Å². The molecule has 2 heterocycles. The van der Waals surface area contributed by atoms with Crippen molar-refractivity contribution in [1.82, 2.24) is 24.8 Å². The third-order valence-corrected chi connectivity index (χ3v) is 4.71. The molecule has 2 aromatic heterocycles. The number of hydrogen-bond donors (Lipinski definition) is 0. The van der Waals surface area contributed by atoms with Crippen molar-refractivity contribution in [2.45, 2.75) is 20.5 Å². The number of pyridine rings is 1. The largest absolute Gasteiger partial charge is 0.489 e. The highest BCUT2D eigenvalue weighted by Crippen LogP contribution is 2.26. The van der Waals surface area contributed by atoms with E-state index in [2.05, 4.69) is 21.5 Å². The molecule has 0 aliphatic carbocycles. The van der Waals surface area contributed by atoms with E-state index >= 15 is 0 Å². The standard InChI is InChI=1S/C22H21N5O2/c1-15-8-10-19(23-13-15)17-9-11-21(16(2)12-17)29-14-18-6-4-5-7-20(18)27-22(28)26(3)24-25-27/h4-13H,14H2,1-3H3. The predicted octanol–water partition coefficient (Wildman–Crippen LogP) is 3.22. The minimum atomic E-state index is -0.302. The third-order valence-electron chi connectivity index (χ3n) is 4.71. The van der Waals surface area contributed by atoms with Crippen LogP contribution < -0.4 is 10.4 Å². The van der Waals surface area contributed by atoms with Crippen molar-refractivity contribution in [1.29, 1.82) is 0 Å². The van der Waals surface area contributed by atoms with Gasteiger partial charge in [0.15, 0.2) is 0 Å². The lowest BCUT2D eigenvalue weighted by molar-refractivity contribution is 0.303. The first kappa shape index (κ1) is 18.6. The zero-order chi connectivity index (χ0) is 20.4. The van der Waals surface area contributed by atoms with Gasteiger partial charge in [-0.3, -0.25) is 4.98 Å². The molecule has 7 nitrogen and oxygen atoms in total. The molecular weight excluding hydrogens is 366 g/mol. The van der Waals surface area contributed by atoms with Crippen molar-refractivity contribution in [3.8, 4) is 22.7 Å². The van der Waals surface area contributed by atoms with Crippen LogP contribution in [0.2, 0.25) is 0 Å². The van der Waals surface area contributed by atoms with E-state index in [1.165, 1.54) is 9.36 Å². The molecule has 0 unspecified atom stereocenters. The monoisotopic (exact) mass is 387 g/mol. The lowest BCUT2D eigenvalue weighted by Gasteiger charge is -2.13. The fourth-order valence-corrected chi connectivity index (χ4v) is 3.07. The zero-order valence-corrected chi connectivity index (χ0v) is 16.5. The van der Waals surface area contributed by atoms with Crippen molar-refractivity contribution < 1.29 is 4.74 Å². The number of ether oxygens (including phenoxy) is 1. The number of aromatic nitrogens is 5. The smallest absolute Gasteiger partial charge is 0.368 e. The Labute approximate surface area is 168 Å². The lowest BCUT2D eigenvalue weighted by atomic mass is 10.1. The van der Waals surface area contributed by atoms with E-state index in [9.17, 15) is 4.79 Å². The summed E-state index contributed by atoms with van der Waals surface area (Å²) < 4.78 is 8.52. The zero-order valence-electron chi connectivity index (χ0n) is 16.5. The second-order valence-corrected chi connectivity index (χ2v) is 6.92. The molecule has 7 heteroatoms. The van der Waals surface area contributed by atoms with Crippen LogP contribution in [-0.2, 0) is 13.7 Å². The normalized spacial score (nSPS) is 10.9. The minimum absolute atomic E-state index is 0.302. The first-order valence-electron chi connectivity index (χ1n) is 9.27. The van der Waals surface area contributed by atoms with E-state index < -0.39 is 0 Å². The second kappa shape index (κ2) is 7.71. The maximum absolute atomic E-state index is 12.2. The summed E-state index contributed by atoms with van der Waals surface area (Å²) in [5.41, 5.74) is 5.32. The fraction of sp³-hybridized carbons (Fsp3) is 0.182. The van der Waals surface area contributed by atoms with Gasteiger partial charge in [-0.05, 0) is 65.7 Å². The van der Waals surface area contributed by atoms with Crippen LogP contribution in [0.15, 0.2) is 65.6 Å². The molecule has 29 heavy (non-hydrogen) atoms. The van der Waals surface area contributed by atoms with E-state index in [0.29, 0.717) is 12.3 Å². The minimum Gasteiger partial charge on any atom is -0.489 e. The average molecular weight is 387 g/mol. The summed E-state index contributed by atoms with van der Waals surface area (Å²) in [4.78, 5) is 16.7. The maximum Gasteiger partial charge on any atom is 0.368 e. The predicted molar refractivity (Wildman–Crippen MR) is 110 cm³/mol. The van der Waals surface area contributed by atoms with Gasteiger partial charge in [0.2, 0.25) is 0 Å². The van der Waals surface area contributed by atoms with Crippen molar-refractivity contribution in [3.05, 3.63) is 88.0 Å². The summed E-state index contributed by atoms with van der Waals surface area (Å²) in [6.07, 6.45) is 1.86. The molecule has 0 radical (unpaired) electrons. The topological polar surface area (TPSA) is 74.8 Å². The Balaban J connectivity index is 1.56. The highest BCUT2D eigenvalue weighted by atomic mass is 16.5. The van der Waals surface area contributed by atoms with Crippen molar-refractivity contribution in [2.24, 2.45) is 7.05 Å². The fourth-order valence-electron chi connectivity index (χ4n) is 3.07. The molecule has 0 atom stereocenters. The Morgan fingerprint density at radius 1 is 1.00 bits per heavy atom.